The van der Waals surface area contributed by atoms with Crippen LogP contribution in [0.1, 0.15) is 77.6 Å². The van der Waals surface area contributed by atoms with Gasteiger partial charge in [0.25, 0.3) is 0 Å². The van der Waals surface area contributed by atoms with Gasteiger partial charge in [-0.3, -0.25) is 4.79 Å². The maximum Gasteiger partial charge on any atom is 0.309 e. The predicted molar refractivity (Wildman–Crippen MR) is 93.1 cm³/mol. The van der Waals surface area contributed by atoms with Crippen molar-refractivity contribution in [3.63, 3.8) is 0 Å². The smallest absolute Gasteiger partial charge is 0.309 e. The van der Waals surface area contributed by atoms with E-state index in [9.17, 15) is 17.8 Å². The van der Waals surface area contributed by atoms with Crippen molar-refractivity contribution in [3.8, 4) is 0 Å². The molecular formula is C18H31O6S-. The number of carbonyl (C=O) groups excluding carboxylic acids is 1. The van der Waals surface area contributed by atoms with E-state index in [4.69, 9.17) is 9.47 Å². The van der Waals surface area contributed by atoms with Gasteiger partial charge in [0.05, 0.1) is 22.1 Å². The molecule has 0 amide bonds. The van der Waals surface area contributed by atoms with E-state index < -0.39 is 15.4 Å². The highest BCUT2D eigenvalue weighted by molar-refractivity contribution is 7.86. The molecule has 0 aliphatic heterocycles. The van der Waals surface area contributed by atoms with Crippen LogP contribution in [0.25, 0.3) is 0 Å². The molecule has 0 radical (unpaired) electrons. The Morgan fingerprint density at radius 3 is 2.12 bits per heavy atom. The Morgan fingerprint density at radius 1 is 0.960 bits per heavy atom. The Kier molecular flexibility index (Phi) is 8.16. The van der Waals surface area contributed by atoms with Crippen LogP contribution in [-0.2, 0) is 24.4 Å². The van der Waals surface area contributed by atoms with Gasteiger partial charge >= 0.3 is 5.97 Å². The van der Waals surface area contributed by atoms with E-state index >= 15 is 0 Å². The molecular weight excluding hydrogens is 344 g/mol. The van der Waals surface area contributed by atoms with Crippen LogP contribution in [0.2, 0.25) is 0 Å². The number of hydrogen-bond acceptors (Lipinski definition) is 6. The minimum absolute atomic E-state index is 0.0727. The van der Waals surface area contributed by atoms with Crippen molar-refractivity contribution in [2.45, 2.75) is 95.0 Å². The summed E-state index contributed by atoms with van der Waals surface area (Å²) in [5.74, 6) is -0.241. The number of rotatable bonds is 8. The molecule has 146 valence electrons. The molecule has 2 rings (SSSR count). The highest BCUT2D eigenvalue weighted by atomic mass is 32.2. The first-order chi connectivity index (χ1) is 11.9. The molecule has 0 N–H and O–H groups in total. The van der Waals surface area contributed by atoms with Crippen LogP contribution in [0.4, 0.5) is 0 Å². The average molecular weight is 376 g/mol. The zero-order valence-corrected chi connectivity index (χ0v) is 16.0. The molecule has 25 heavy (non-hydrogen) atoms. The number of ether oxygens (including phenoxy) is 2. The summed E-state index contributed by atoms with van der Waals surface area (Å²) in [5, 5.41) is -0.817. The molecule has 6 nitrogen and oxygen atoms in total. The molecule has 2 aliphatic rings. The first-order valence-corrected chi connectivity index (χ1v) is 11.1. The molecule has 0 aromatic carbocycles. The summed E-state index contributed by atoms with van der Waals surface area (Å²) in [6.45, 7) is 2.97. The Morgan fingerprint density at radius 2 is 1.56 bits per heavy atom. The van der Waals surface area contributed by atoms with E-state index in [1.165, 1.54) is 12.8 Å². The standard InChI is InChI=1S/C18H32O6S/c1-2-3-4-13-23-15-7-5-14(6-8-15)18(19)24-16-9-11-17(12-10-16)25(20,21)22/h14-17H,2-13H2,1H3,(H,20,21,22)/p-1. The van der Waals surface area contributed by atoms with Gasteiger partial charge in [-0.15, -0.1) is 0 Å². The highest BCUT2D eigenvalue weighted by Gasteiger charge is 2.32. The topological polar surface area (TPSA) is 92.7 Å². The maximum absolute atomic E-state index is 12.3. The third kappa shape index (κ3) is 6.87. The Hall–Kier alpha value is -0.660. The first kappa shape index (κ1) is 20.6. The zero-order valence-electron chi connectivity index (χ0n) is 15.2. The third-order valence-corrected chi connectivity index (χ3v) is 6.71. The van der Waals surface area contributed by atoms with E-state index in [0.717, 1.165) is 38.7 Å². The summed E-state index contributed by atoms with van der Waals surface area (Å²) in [5.41, 5.74) is 0. The fraction of sp³-hybridized carbons (Fsp3) is 0.944. The number of carbonyl (C=O) groups is 1. The van der Waals surface area contributed by atoms with E-state index in [-0.39, 0.29) is 24.1 Å². The van der Waals surface area contributed by atoms with Crippen LogP contribution in [0.5, 0.6) is 0 Å². The average Bonchev–Trinajstić information content (AvgIpc) is 2.59. The second-order valence-corrected chi connectivity index (χ2v) is 9.03. The molecule has 0 unspecified atom stereocenters. The van der Waals surface area contributed by atoms with Gasteiger partial charge in [0.2, 0.25) is 0 Å². The molecule has 2 saturated carbocycles. The SMILES string of the molecule is CCCCCOC1CCC(C(=O)OC2CCC(S(=O)(=O)[O-])CC2)CC1. The summed E-state index contributed by atoms with van der Waals surface area (Å²) < 4.78 is 44.5. The molecule has 0 heterocycles. The van der Waals surface area contributed by atoms with Crippen LogP contribution in [0.15, 0.2) is 0 Å². The van der Waals surface area contributed by atoms with Crippen molar-refractivity contribution in [1.82, 2.24) is 0 Å². The fourth-order valence-electron chi connectivity index (χ4n) is 3.77. The van der Waals surface area contributed by atoms with E-state index in [0.29, 0.717) is 25.7 Å². The normalized spacial score (nSPS) is 30.8. The lowest BCUT2D eigenvalue weighted by molar-refractivity contribution is -0.157. The van der Waals surface area contributed by atoms with Gasteiger partial charge in [0, 0.05) is 11.9 Å². The molecule has 2 fully saturated rings. The van der Waals surface area contributed by atoms with Gasteiger partial charge in [0.15, 0.2) is 0 Å². The van der Waals surface area contributed by atoms with Crippen molar-refractivity contribution < 1.29 is 27.2 Å². The summed E-state index contributed by atoms with van der Waals surface area (Å²) >= 11 is 0. The highest BCUT2D eigenvalue weighted by Crippen LogP contribution is 2.30. The van der Waals surface area contributed by atoms with Crippen LogP contribution in [0, 0.1) is 5.92 Å². The van der Waals surface area contributed by atoms with E-state index in [2.05, 4.69) is 6.92 Å². The molecule has 2 aliphatic carbocycles. The van der Waals surface area contributed by atoms with Crippen molar-refractivity contribution >= 4 is 16.1 Å². The van der Waals surface area contributed by atoms with Gasteiger partial charge in [-0.1, -0.05) is 19.8 Å². The Labute approximate surface area is 151 Å². The lowest BCUT2D eigenvalue weighted by Crippen LogP contribution is -2.34. The van der Waals surface area contributed by atoms with Gasteiger partial charge in [-0.05, 0) is 57.8 Å². The summed E-state index contributed by atoms with van der Waals surface area (Å²) in [6.07, 6.45) is 8.39. The van der Waals surface area contributed by atoms with Crippen LogP contribution in [0.3, 0.4) is 0 Å². The maximum atomic E-state index is 12.3. The largest absolute Gasteiger partial charge is 0.748 e. The third-order valence-electron chi connectivity index (χ3n) is 5.42. The molecule has 0 bridgehead atoms. The molecule has 0 aromatic rings. The lowest BCUT2D eigenvalue weighted by Gasteiger charge is -2.32. The summed E-state index contributed by atoms with van der Waals surface area (Å²) in [6, 6.07) is 0. The molecule has 0 saturated heterocycles. The first-order valence-electron chi connectivity index (χ1n) is 9.67. The summed E-state index contributed by atoms with van der Waals surface area (Å²) in [7, 11) is -4.22. The molecule has 0 atom stereocenters. The quantitative estimate of drug-likeness (QED) is 0.367. The van der Waals surface area contributed by atoms with Crippen molar-refractivity contribution in [3.05, 3.63) is 0 Å². The van der Waals surface area contributed by atoms with E-state index in [1.807, 2.05) is 0 Å². The van der Waals surface area contributed by atoms with Gasteiger partial charge in [0.1, 0.15) is 6.10 Å². The zero-order chi connectivity index (χ0) is 18.3. The Balaban J connectivity index is 1.64. The molecule has 0 aromatic heterocycles. The van der Waals surface area contributed by atoms with E-state index in [1.54, 1.807) is 0 Å². The number of hydrogen-bond donors (Lipinski definition) is 0. The lowest BCUT2D eigenvalue weighted by atomic mass is 9.87. The minimum Gasteiger partial charge on any atom is -0.748 e. The summed E-state index contributed by atoms with van der Waals surface area (Å²) in [4.78, 5) is 12.3. The molecule has 7 heteroatoms. The van der Waals surface area contributed by atoms with Gasteiger partial charge < -0.3 is 14.0 Å². The van der Waals surface area contributed by atoms with Crippen LogP contribution in [-0.4, -0.2) is 43.0 Å². The minimum atomic E-state index is -4.22. The van der Waals surface area contributed by atoms with Gasteiger partial charge in [-0.25, -0.2) is 8.42 Å². The molecule has 0 spiro atoms. The van der Waals surface area contributed by atoms with Crippen molar-refractivity contribution in [1.29, 1.82) is 0 Å². The van der Waals surface area contributed by atoms with Crippen LogP contribution >= 0.6 is 0 Å². The van der Waals surface area contributed by atoms with Gasteiger partial charge in [-0.2, -0.15) is 0 Å². The van der Waals surface area contributed by atoms with Crippen molar-refractivity contribution in [2.24, 2.45) is 5.92 Å². The van der Waals surface area contributed by atoms with Crippen molar-refractivity contribution in [2.75, 3.05) is 6.61 Å². The number of esters is 1. The number of unbranched alkanes of at least 4 members (excludes halogenated alkanes) is 2. The second kappa shape index (κ2) is 9.88. The van der Waals surface area contributed by atoms with Crippen LogP contribution < -0.4 is 0 Å². The fourth-order valence-corrected chi connectivity index (χ4v) is 4.62. The second-order valence-electron chi connectivity index (χ2n) is 7.38. The Bertz CT molecular complexity index is 502. The predicted octanol–water partition coefficient (Wildman–Crippen LogP) is 3.15. The monoisotopic (exact) mass is 375 g/mol.